The second kappa shape index (κ2) is 5.75. The van der Waals surface area contributed by atoms with Gasteiger partial charge >= 0.3 is 0 Å². The van der Waals surface area contributed by atoms with Crippen LogP contribution in [0, 0.1) is 11.3 Å². The van der Waals surface area contributed by atoms with Gasteiger partial charge in [-0.25, -0.2) is 0 Å². The van der Waals surface area contributed by atoms with Crippen molar-refractivity contribution in [1.29, 1.82) is 0 Å². The van der Waals surface area contributed by atoms with Gasteiger partial charge in [0, 0.05) is 0 Å². The molecule has 2 atom stereocenters. The van der Waals surface area contributed by atoms with Crippen molar-refractivity contribution in [3.63, 3.8) is 0 Å². The van der Waals surface area contributed by atoms with E-state index in [2.05, 4.69) is 26.1 Å². The smallest absolute Gasteiger partial charge is 0.00437 e. The van der Waals surface area contributed by atoms with E-state index >= 15 is 0 Å². The van der Waals surface area contributed by atoms with Gasteiger partial charge in [0.1, 0.15) is 0 Å². The van der Waals surface area contributed by atoms with Crippen LogP contribution in [0.2, 0.25) is 0 Å². The van der Waals surface area contributed by atoms with Crippen molar-refractivity contribution in [2.24, 2.45) is 11.3 Å². The zero-order valence-corrected chi connectivity index (χ0v) is 10.2. The van der Waals surface area contributed by atoms with Crippen LogP contribution in [0.3, 0.4) is 0 Å². The number of hydrogen-bond donors (Lipinski definition) is 1. The highest BCUT2D eigenvalue weighted by Gasteiger charge is 2.31. The molecule has 0 saturated heterocycles. The summed E-state index contributed by atoms with van der Waals surface area (Å²) in [5, 5.41) is 3.46. The van der Waals surface area contributed by atoms with Crippen LogP contribution in [0.4, 0.5) is 0 Å². The van der Waals surface area contributed by atoms with Gasteiger partial charge in [0.05, 0.1) is 0 Å². The van der Waals surface area contributed by atoms with E-state index in [1.807, 2.05) is 0 Å². The molecule has 84 valence electrons. The Morgan fingerprint density at radius 3 is 2.79 bits per heavy atom. The van der Waals surface area contributed by atoms with Gasteiger partial charge in [-0.05, 0) is 37.3 Å². The van der Waals surface area contributed by atoms with E-state index < -0.39 is 0 Å². The first-order chi connectivity index (χ1) is 6.69. The molecule has 0 bridgehead atoms. The second-order valence-corrected chi connectivity index (χ2v) is 5.26. The fourth-order valence-electron chi connectivity index (χ4n) is 2.67. The Bertz CT molecular complexity index is 155. The third-order valence-electron chi connectivity index (χ3n) is 4.20. The highest BCUT2D eigenvalue weighted by atomic mass is 14.8. The van der Waals surface area contributed by atoms with Crippen molar-refractivity contribution in [1.82, 2.24) is 5.32 Å². The maximum absolute atomic E-state index is 3.46. The van der Waals surface area contributed by atoms with Crippen molar-refractivity contribution in [2.75, 3.05) is 13.1 Å². The molecule has 1 heteroatoms. The summed E-state index contributed by atoms with van der Waals surface area (Å²) in [6.07, 6.45) is 8.62. The number of rotatable bonds is 4. The molecule has 1 aliphatic carbocycles. The largest absolute Gasteiger partial charge is 0.317 e. The monoisotopic (exact) mass is 197 g/mol. The lowest BCUT2D eigenvalue weighted by Crippen LogP contribution is -2.29. The molecule has 1 aliphatic rings. The summed E-state index contributed by atoms with van der Waals surface area (Å²) in [4.78, 5) is 0. The van der Waals surface area contributed by atoms with Gasteiger partial charge in [-0.15, -0.1) is 0 Å². The standard InChI is InChI=1S/C13H27N/c1-4-14-11-10-13(3)9-7-5-6-8-12(13)2/h12,14H,4-11H2,1-3H3. The lowest BCUT2D eigenvalue weighted by Gasteiger charge is -2.34. The van der Waals surface area contributed by atoms with Crippen LogP contribution in [0.15, 0.2) is 0 Å². The van der Waals surface area contributed by atoms with Crippen LogP contribution in [-0.4, -0.2) is 13.1 Å². The van der Waals surface area contributed by atoms with Gasteiger partial charge in [0.25, 0.3) is 0 Å². The van der Waals surface area contributed by atoms with E-state index in [1.54, 1.807) is 0 Å². The molecule has 1 nitrogen and oxygen atoms in total. The summed E-state index contributed by atoms with van der Waals surface area (Å²) in [5.74, 6) is 0.920. The predicted molar refractivity (Wildman–Crippen MR) is 63.5 cm³/mol. The van der Waals surface area contributed by atoms with Crippen LogP contribution in [-0.2, 0) is 0 Å². The minimum atomic E-state index is 0.610. The Morgan fingerprint density at radius 2 is 2.07 bits per heavy atom. The molecule has 0 aromatic carbocycles. The van der Waals surface area contributed by atoms with Crippen LogP contribution < -0.4 is 5.32 Å². The predicted octanol–water partition coefficient (Wildman–Crippen LogP) is 3.59. The maximum atomic E-state index is 3.46. The third kappa shape index (κ3) is 3.27. The third-order valence-corrected chi connectivity index (χ3v) is 4.20. The minimum Gasteiger partial charge on any atom is -0.317 e. The Kier molecular flexibility index (Phi) is 4.94. The normalized spacial score (nSPS) is 34.1. The topological polar surface area (TPSA) is 12.0 Å². The quantitative estimate of drug-likeness (QED) is 0.536. The summed E-state index contributed by atoms with van der Waals surface area (Å²) in [6.45, 7) is 9.47. The van der Waals surface area contributed by atoms with Crippen molar-refractivity contribution >= 4 is 0 Å². The van der Waals surface area contributed by atoms with Crippen LogP contribution >= 0.6 is 0 Å². The summed E-state index contributed by atoms with van der Waals surface area (Å²) in [7, 11) is 0. The maximum Gasteiger partial charge on any atom is -0.00437 e. The SMILES string of the molecule is CCNCCC1(C)CCCCCC1C. The van der Waals surface area contributed by atoms with Gasteiger partial charge in [0.2, 0.25) is 0 Å². The molecule has 0 aromatic rings. The average molecular weight is 197 g/mol. The average Bonchev–Trinajstić information content (AvgIpc) is 2.31. The fourth-order valence-corrected chi connectivity index (χ4v) is 2.67. The van der Waals surface area contributed by atoms with Gasteiger partial charge < -0.3 is 5.32 Å². The Hall–Kier alpha value is -0.0400. The number of hydrogen-bond acceptors (Lipinski definition) is 1. The Labute approximate surface area is 89.7 Å². The molecular weight excluding hydrogens is 170 g/mol. The lowest BCUT2D eigenvalue weighted by molar-refractivity contribution is 0.169. The second-order valence-electron chi connectivity index (χ2n) is 5.26. The first-order valence-electron chi connectivity index (χ1n) is 6.40. The molecule has 0 spiro atoms. The highest BCUT2D eigenvalue weighted by Crippen LogP contribution is 2.41. The molecule has 0 aliphatic heterocycles. The highest BCUT2D eigenvalue weighted by molar-refractivity contribution is 4.83. The van der Waals surface area contributed by atoms with Gasteiger partial charge in [-0.1, -0.05) is 46.5 Å². The molecule has 2 unspecified atom stereocenters. The molecular formula is C13H27N. The zero-order chi connectivity index (χ0) is 10.4. The van der Waals surface area contributed by atoms with Gasteiger partial charge in [-0.2, -0.15) is 0 Å². The number of nitrogens with one attached hydrogen (secondary N) is 1. The van der Waals surface area contributed by atoms with Gasteiger partial charge in [-0.3, -0.25) is 0 Å². The van der Waals surface area contributed by atoms with Crippen molar-refractivity contribution in [3.8, 4) is 0 Å². The summed E-state index contributed by atoms with van der Waals surface area (Å²) < 4.78 is 0. The lowest BCUT2D eigenvalue weighted by atomic mass is 9.72. The molecule has 1 N–H and O–H groups in total. The van der Waals surface area contributed by atoms with Crippen molar-refractivity contribution < 1.29 is 0 Å². The summed E-state index contributed by atoms with van der Waals surface area (Å²) in [5.41, 5.74) is 0.610. The molecule has 1 rings (SSSR count). The molecule has 0 heterocycles. The van der Waals surface area contributed by atoms with E-state index in [0.29, 0.717) is 5.41 Å². The molecule has 14 heavy (non-hydrogen) atoms. The van der Waals surface area contributed by atoms with Crippen LogP contribution in [0.5, 0.6) is 0 Å². The molecule has 1 fully saturated rings. The molecule has 1 saturated carbocycles. The van der Waals surface area contributed by atoms with Crippen LogP contribution in [0.25, 0.3) is 0 Å². The van der Waals surface area contributed by atoms with E-state index in [9.17, 15) is 0 Å². The molecule has 0 aromatic heterocycles. The van der Waals surface area contributed by atoms with Crippen LogP contribution in [0.1, 0.15) is 59.3 Å². The minimum absolute atomic E-state index is 0.610. The van der Waals surface area contributed by atoms with Crippen molar-refractivity contribution in [2.45, 2.75) is 59.3 Å². The first-order valence-corrected chi connectivity index (χ1v) is 6.40. The summed E-state index contributed by atoms with van der Waals surface area (Å²) in [6, 6.07) is 0. The zero-order valence-electron chi connectivity index (χ0n) is 10.2. The Morgan fingerprint density at radius 1 is 1.29 bits per heavy atom. The van der Waals surface area contributed by atoms with Crippen molar-refractivity contribution in [3.05, 3.63) is 0 Å². The van der Waals surface area contributed by atoms with E-state index in [1.165, 1.54) is 45.1 Å². The Balaban J connectivity index is 2.41. The van der Waals surface area contributed by atoms with E-state index in [-0.39, 0.29) is 0 Å². The first kappa shape index (κ1) is 12.0. The summed E-state index contributed by atoms with van der Waals surface area (Å²) >= 11 is 0. The van der Waals surface area contributed by atoms with Gasteiger partial charge in [0.15, 0.2) is 0 Å². The van der Waals surface area contributed by atoms with E-state index in [4.69, 9.17) is 0 Å². The molecule has 0 radical (unpaired) electrons. The van der Waals surface area contributed by atoms with E-state index in [0.717, 1.165) is 12.5 Å². The molecule has 0 amide bonds. The fraction of sp³-hybridized carbons (Fsp3) is 1.00.